The second-order valence-corrected chi connectivity index (χ2v) is 5.39. The molecule has 0 unspecified atom stereocenters. The highest BCUT2D eigenvalue weighted by Crippen LogP contribution is 2.30. The highest BCUT2D eigenvalue weighted by molar-refractivity contribution is 4.95. The van der Waals surface area contributed by atoms with E-state index in [0.29, 0.717) is 5.54 Å². The lowest BCUT2D eigenvalue weighted by Crippen LogP contribution is -2.53. The molecule has 0 aromatic rings. The third-order valence-electron chi connectivity index (χ3n) is 4.10. The summed E-state index contributed by atoms with van der Waals surface area (Å²) in [4.78, 5) is 2.59. The Morgan fingerprint density at radius 2 is 2.00 bits per heavy atom. The number of hydrogen-bond acceptors (Lipinski definition) is 3. The van der Waals surface area contributed by atoms with Crippen LogP contribution in [-0.2, 0) is 4.74 Å². The molecule has 2 aliphatic rings. The predicted octanol–water partition coefficient (Wildman–Crippen LogP) is 1.63. The Kier molecular flexibility index (Phi) is 4.62. The fraction of sp³-hybridized carbons (Fsp3) is 1.00. The van der Waals surface area contributed by atoms with Crippen molar-refractivity contribution in [2.24, 2.45) is 0 Å². The first-order chi connectivity index (χ1) is 7.85. The van der Waals surface area contributed by atoms with E-state index in [2.05, 4.69) is 10.2 Å². The zero-order valence-electron chi connectivity index (χ0n) is 10.6. The van der Waals surface area contributed by atoms with Crippen molar-refractivity contribution < 1.29 is 4.74 Å². The molecule has 1 saturated heterocycles. The summed E-state index contributed by atoms with van der Waals surface area (Å²) in [5.41, 5.74) is 0.433. The van der Waals surface area contributed by atoms with Gasteiger partial charge in [-0.1, -0.05) is 19.3 Å². The Morgan fingerprint density at radius 3 is 2.75 bits per heavy atom. The molecule has 3 heteroatoms. The molecule has 16 heavy (non-hydrogen) atoms. The molecule has 2 fully saturated rings. The van der Waals surface area contributed by atoms with E-state index in [1.807, 2.05) is 0 Å². The molecule has 1 heterocycles. The van der Waals surface area contributed by atoms with Gasteiger partial charge in [-0.2, -0.15) is 0 Å². The van der Waals surface area contributed by atoms with Crippen molar-refractivity contribution in [3.63, 3.8) is 0 Å². The SMILES string of the molecule is COCCN1CCCNC2(CCCCC2)C1. The Hall–Kier alpha value is -0.120. The highest BCUT2D eigenvalue weighted by Gasteiger charge is 2.34. The number of rotatable bonds is 3. The molecule has 94 valence electrons. The normalized spacial score (nSPS) is 26.8. The van der Waals surface area contributed by atoms with Gasteiger partial charge in [0.25, 0.3) is 0 Å². The second-order valence-electron chi connectivity index (χ2n) is 5.39. The van der Waals surface area contributed by atoms with Crippen molar-refractivity contribution in [3.8, 4) is 0 Å². The quantitative estimate of drug-likeness (QED) is 0.791. The van der Waals surface area contributed by atoms with Gasteiger partial charge in [0.05, 0.1) is 6.61 Å². The summed E-state index contributed by atoms with van der Waals surface area (Å²) in [6.07, 6.45) is 8.27. The lowest BCUT2D eigenvalue weighted by molar-refractivity contribution is 0.119. The fourth-order valence-electron chi connectivity index (χ4n) is 3.19. The van der Waals surface area contributed by atoms with E-state index >= 15 is 0 Å². The molecule has 1 N–H and O–H groups in total. The maximum atomic E-state index is 5.20. The van der Waals surface area contributed by atoms with Crippen LogP contribution in [0.3, 0.4) is 0 Å². The molecular weight excluding hydrogens is 200 g/mol. The number of hydrogen-bond donors (Lipinski definition) is 1. The van der Waals surface area contributed by atoms with E-state index in [-0.39, 0.29) is 0 Å². The van der Waals surface area contributed by atoms with Crippen LogP contribution >= 0.6 is 0 Å². The Balaban J connectivity index is 1.91. The molecule has 0 amide bonds. The molecule has 0 aromatic heterocycles. The van der Waals surface area contributed by atoms with Gasteiger partial charge in [-0.3, -0.25) is 4.90 Å². The monoisotopic (exact) mass is 226 g/mol. The van der Waals surface area contributed by atoms with Crippen LogP contribution in [0.4, 0.5) is 0 Å². The van der Waals surface area contributed by atoms with Gasteiger partial charge in [0.2, 0.25) is 0 Å². The summed E-state index contributed by atoms with van der Waals surface area (Å²) in [5.74, 6) is 0. The molecule has 0 aromatic carbocycles. The molecule has 3 nitrogen and oxygen atoms in total. The van der Waals surface area contributed by atoms with Crippen LogP contribution in [0.2, 0.25) is 0 Å². The number of ether oxygens (including phenoxy) is 1. The van der Waals surface area contributed by atoms with Crippen molar-refractivity contribution in [1.82, 2.24) is 10.2 Å². The van der Waals surface area contributed by atoms with E-state index in [0.717, 1.165) is 13.2 Å². The molecule has 1 saturated carbocycles. The minimum absolute atomic E-state index is 0.433. The first-order valence-electron chi connectivity index (χ1n) is 6.81. The van der Waals surface area contributed by atoms with E-state index in [4.69, 9.17) is 4.74 Å². The largest absolute Gasteiger partial charge is 0.383 e. The minimum atomic E-state index is 0.433. The lowest BCUT2D eigenvalue weighted by atomic mass is 9.81. The third kappa shape index (κ3) is 3.19. The van der Waals surface area contributed by atoms with Crippen molar-refractivity contribution in [2.45, 2.75) is 44.1 Å². The van der Waals surface area contributed by atoms with Gasteiger partial charge in [0.15, 0.2) is 0 Å². The van der Waals surface area contributed by atoms with Gasteiger partial charge in [-0.05, 0) is 32.4 Å². The summed E-state index contributed by atoms with van der Waals surface area (Å²) in [7, 11) is 1.80. The van der Waals surface area contributed by atoms with Gasteiger partial charge >= 0.3 is 0 Å². The van der Waals surface area contributed by atoms with Crippen LogP contribution in [-0.4, -0.2) is 50.3 Å². The standard InChI is InChI=1S/C13H26N2O/c1-16-11-10-15-9-5-8-14-13(12-15)6-3-2-4-7-13/h14H,2-12H2,1H3. The van der Waals surface area contributed by atoms with Crippen molar-refractivity contribution in [2.75, 3.05) is 39.9 Å². The summed E-state index contributed by atoms with van der Waals surface area (Å²) in [6.45, 7) is 5.63. The van der Waals surface area contributed by atoms with Gasteiger partial charge in [0.1, 0.15) is 0 Å². The maximum absolute atomic E-state index is 5.20. The van der Waals surface area contributed by atoms with Crippen molar-refractivity contribution >= 4 is 0 Å². The van der Waals surface area contributed by atoms with Crippen LogP contribution < -0.4 is 5.32 Å². The van der Waals surface area contributed by atoms with Gasteiger partial charge in [-0.15, -0.1) is 0 Å². The van der Waals surface area contributed by atoms with E-state index < -0.39 is 0 Å². The van der Waals surface area contributed by atoms with Gasteiger partial charge in [0, 0.05) is 25.7 Å². The molecular formula is C13H26N2O. The molecule has 0 bridgehead atoms. The molecule has 0 atom stereocenters. The molecule has 0 radical (unpaired) electrons. The molecule has 1 spiro atoms. The van der Waals surface area contributed by atoms with Gasteiger partial charge < -0.3 is 10.1 Å². The fourth-order valence-corrected chi connectivity index (χ4v) is 3.19. The first kappa shape index (κ1) is 12.3. The molecule has 1 aliphatic heterocycles. The molecule has 2 rings (SSSR count). The lowest BCUT2D eigenvalue weighted by Gasteiger charge is -2.40. The van der Waals surface area contributed by atoms with Crippen LogP contribution in [0.5, 0.6) is 0 Å². The summed E-state index contributed by atoms with van der Waals surface area (Å²) >= 11 is 0. The van der Waals surface area contributed by atoms with Gasteiger partial charge in [-0.25, -0.2) is 0 Å². The Morgan fingerprint density at radius 1 is 1.19 bits per heavy atom. The van der Waals surface area contributed by atoms with Crippen LogP contribution in [0.1, 0.15) is 38.5 Å². The third-order valence-corrected chi connectivity index (χ3v) is 4.10. The van der Waals surface area contributed by atoms with Crippen LogP contribution in [0.25, 0.3) is 0 Å². The summed E-state index contributed by atoms with van der Waals surface area (Å²) in [6, 6.07) is 0. The van der Waals surface area contributed by atoms with E-state index in [1.54, 1.807) is 7.11 Å². The maximum Gasteiger partial charge on any atom is 0.0589 e. The first-order valence-corrected chi connectivity index (χ1v) is 6.81. The predicted molar refractivity (Wildman–Crippen MR) is 66.8 cm³/mol. The zero-order valence-corrected chi connectivity index (χ0v) is 10.6. The number of nitrogens with one attached hydrogen (secondary N) is 1. The second kappa shape index (κ2) is 5.99. The van der Waals surface area contributed by atoms with Crippen molar-refractivity contribution in [3.05, 3.63) is 0 Å². The topological polar surface area (TPSA) is 24.5 Å². The highest BCUT2D eigenvalue weighted by atomic mass is 16.5. The minimum Gasteiger partial charge on any atom is -0.383 e. The average molecular weight is 226 g/mol. The number of methoxy groups -OCH3 is 1. The van der Waals surface area contributed by atoms with Crippen LogP contribution in [0.15, 0.2) is 0 Å². The zero-order chi connectivity index (χ0) is 11.3. The average Bonchev–Trinajstić information content (AvgIpc) is 2.50. The Labute approximate surface area is 99.5 Å². The summed E-state index contributed by atoms with van der Waals surface area (Å²) in [5, 5.41) is 3.82. The smallest absolute Gasteiger partial charge is 0.0589 e. The Bertz CT molecular complexity index is 202. The van der Waals surface area contributed by atoms with E-state index in [9.17, 15) is 0 Å². The van der Waals surface area contributed by atoms with Crippen LogP contribution in [0, 0.1) is 0 Å². The number of nitrogens with zero attached hydrogens (tertiary/aromatic N) is 1. The molecule has 1 aliphatic carbocycles. The van der Waals surface area contributed by atoms with E-state index in [1.165, 1.54) is 58.2 Å². The van der Waals surface area contributed by atoms with Crippen molar-refractivity contribution in [1.29, 1.82) is 0 Å². The summed E-state index contributed by atoms with van der Waals surface area (Å²) < 4.78 is 5.20.